The van der Waals surface area contributed by atoms with Crippen LogP contribution in [0.15, 0.2) is 68.3 Å². The molecular formula is C22H17NO5. The molecule has 0 radical (unpaired) electrons. The van der Waals surface area contributed by atoms with E-state index in [1.54, 1.807) is 13.0 Å². The number of aromatic nitrogens is 1. The smallest absolute Gasteiger partial charge is 0.344 e. The summed E-state index contributed by atoms with van der Waals surface area (Å²) < 4.78 is 15.9. The van der Waals surface area contributed by atoms with Crippen LogP contribution in [0.3, 0.4) is 0 Å². The molecule has 2 aromatic carbocycles. The van der Waals surface area contributed by atoms with Gasteiger partial charge in [0.2, 0.25) is 0 Å². The Bertz CT molecular complexity index is 1220. The molecule has 4 rings (SSSR count). The molecule has 0 amide bonds. The molecule has 2 heterocycles. The van der Waals surface area contributed by atoms with E-state index in [2.05, 4.69) is 5.16 Å². The summed E-state index contributed by atoms with van der Waals surface area (Å²) in [6.07, 6.45) is 0. The van der Waals surface area contributed by atoms with Gasteiger partial charge in [-0.25, -0.2) is 9.59 Å². The molecule has 0 aliphatic carbocycles. The second-order valence-corrected chi connectivity index (χ2v) is 6.49. The van der Waals surface area contributed by atoms with Crippen LogP contribution >= 0.6 is 0 Å². The molecule has 0 aliphatic heterocycles. The molecule has 0 atom stereocenters. The lowest BCUT2D eigenvalue weighted by Crippen LogP contribution is -2.09. The van der Waals surface area contributed by atoms with Gasteiger partial charge in [-0.3, -0.25) is 0 Å². The predicted octanol–water partition coefficient (Wildman–Crippen LogP) is 4.42. The van der Waals surface area contributed by atoms with E-state index in [0.29, 0.717) is 22.6 Å². The van der Waals surface area contributed by atoms with Gasteiger partial charge in [-0.15, -0.1) is 0 Å². The van der Waals surface area contributed by atoms with E-state index in [1.807, 2.05) is 49.4 Å². The van der Waals surface area contributed by atoms with E-state index >= 15 is 0 Å². The van der Waals surface area contributed by atoms with Crippen molar-refractivity contribution in [3.05, 3.63) is 87.5 Å². The molecule has 0 aliphatic rings. The predicted molar refractivity (Wildman–Crippen MR) is 103 cm³/mol. The number of hydrogen-bond acceptors (Lipinski definition) is 6. The molecule has 0 fully saturated rings. The number of carbonyl (C=O) groups excluding carboxylic acids is 1. The highest BCUT2D eigenvalue weighted by molar-refractivity contribution is 5.97. The number of aryl methyl sites for hydroxylation is 2. The van der Waals surface area contributed by atoms with E-state index in [-0.39, 0.29) is 12.2 Å². The highest BCUT2D eigenvalue weighted by Crippen LogP contribution is 2.26. The first kappa shape index (κ1) is 17.7. The lowest BCUT2D eigenvalue weighted by Gasteiger charge is -2.08. The van der Waals surface area contributed by atoms with Crippen molar-refractivity contribution >= 4 is 16.9 Å². The second kappa shape index (κ2) is 7.15. The summed E-state index contributed by atoms with van der Waals surface area (Å²) in [6.45, 7) is 3.50. The van der Waals surface area contributed by atoms with Gasteiger partial charge in [0, 0.05) is 22.6 Å². The summed E-state index contributed by atoms with van der Waals surface area (Å²) in [4.78, 5) is 24.6. The molecule has 6 heteroatoms. The van der Waals surface area contributed by atoms with Crippen molar-refractivity contribution in [1.82, 2.24) is 5.16 Å². The van der Waals surface area contributed by atoms with Crippen LogP contribution in [0.1, 0.15) is 27.2 Å². The van der Waals surface area contributed by atoms with Gasteiger partial charge >= 0.3 is 11.6 Å². The minimum atomic E-state index is -0.564. The van der Waals surface area contributed by atoms with Crippen LogP contribution < -0.4 is 5.63 Å². The lowest BCUT2D eigenvalue weighted by atomic mass is 10.1. The monoisotopic (exact) mass is 375 g/mol. The van der Waals surface area contributed by atoms with Crippen molar-refractivity contribution in [1.29, 1.82) is 0 Å². The zero-order chi connectivity index (χ0) is 19.7. The Balaban J connectivity index is 1.64. The number of nitrogens with zero attached hydrogens (tertiary/aromatic N) is 1. The average molecular weight is 375 g/mol. The van der Waals surface area contributed by atoms with E-state index in [1.165, 1.54) is 6.07 Å². The summed E-state index contributed by atoms with van der Waals surface area (Å²) in [5, 5.41) is 4.72. The third-order valence-electron chi connectivity index (χ3n) is 4.46. The Morgan fingerprint density at radius 3 is 2.64 bits per heavy atom. The van der Waals surface area contributed by atoms with Crippen molar-refractivity contribution in [2.75, 3.05) is 0 Å². The van der Waals surface area contributed by atoms with Gasteiger partial charge in [0.15, 0.2) is 0 Å². The van der Waals surface area contributed by atoms with Crippen LogP contribution in [0.5, 0.6) is 0 Å². The molecule has 6 nitrogen and oxygen atoms in total. The van der Waals surface area contributed by atoms with Crippen LogP contribution in [0.4, 0.5) is 0 Å². The van der Waals surface area contributed by atoms with Crippen LogP contribution in [0.2, 0.25) is 0 Å². The molecule has 0 saturated carbocycles. The van der Waals surface area contributed by atoms with Gasteiger partial charge in [0.25, 0.3) is 0 Å². The quantitative estimate of drug-likeness (QED) is 0.388. The normalized spacial score (nSPS) is 10.9. The molecule has 0 N–H and O–H groups in total. The van der Waals surface area contributed by atoms with Gasteiger partial charge in [-0.05, 0) is 25.5 Å². The molecule has 4 aromatic rings. The van der Waals surface area contributed by atoms with Gasteiger partial charge in [-0.2, -0.15) is 0 Å². The molecule has 2 aromatic heterocycles. The SMILES string of the molecule is Cc1ccc2c(COC(=O)c3c(-c4ccccc4)noc3C)cc(=O)oc2c1. The Hall–Kier alpha value is -3.67. The van der Waals surface area contributed by atoms with Crippen molar-refractivity contribution in [2.45, 2.75) is 20.5 Å². The highest BCUT2D eigenvalue weighted by atomic mass is 16.5. The third kappa shape index (κ3) is 3.32. The Morgan fingerprint density at radius 1 is 1.07 bits per heavy atom. The lowest BCUT2D eigenvalue weighted by molar-refractivity contribution is 0.0472. The fourth-order valence-corrected chi connectivity index (χ4v) is 3.08. The Morgan fingerprint density at radius 2 is 1.86 bits per heavy atom. The van der Waals surface area contributed by atoms with E-state index in [9.17, 15) is 9.59 Å². The van der Waals surface area contributed by atoms with Gasteiger partial charge in [-0.1, -0.05) is 47.6 Å². The minimum absolute atomic E-state index is 0.0666. The molecule has 28 heavy (non-hydrogen) atoms. The van der Waals surface area contributed by atoms with Crippen LogP contribution in [0, 0.1) is 13.8 Å². The van der Waals surface area contributed by atoms with Crippen LogP contribution in [-0.2, 0) is 11.3 Å². The molecule has 0 unspecified atom stereocenters. The third-order valence-corrected chi connectivity index (χ3v) is 4.46. The van der Waals surface area contributed by atoms with E-state index in [4.69, 9.17) is 13.7 Å². The summed E-state index contributed by atoms with van der Waals surface area (Å²) in [7, 11) is 0. The van der Waals surface area contributed by atoms with Gasteiger partial charge in [0.05, 0.1) is 0 Å². The first-order chi connectivity index (χ1) is 13.5. The molecule has 0 spiro atoms. The van der Waals surface area contributed by atoms with E-state index in [0.717, 1.165) is 16.5 Å². The number of fused-ring (bicyclic) bond motifs is 1. The number of rotatable bonds is 4. The highest BCUT2D eigenvalue weighted by Gasteiger charge is 2.23. The maximum Gasteiger partial charge on any atom is 0.344 e. The zero-order valence-corrected chi connectivity index (χ0v) is 15.4. The van der Waals surface area contributed by atoms with Crippen molar-refractivity contribution < 1.29 is 18.5 Å². The second-order valence-electron chi connectivity index (χ2n) is 6.49. The molecule has 0 bridgehead atoms. The van der Waals surface area contributed by atoms with Crippen LogP contribution in [0.25, 0.3) is 22.2 Å². The average Bonchev–Trinajstić information content (AvgIpc) is 3.07. The Labute approximate surface area is 160 Å². The zero-order valence-electron chi connectivity index (χ0n) is 15.4. The molecule has 0 saturated heterocycles. The van der Waals surface area contributed by atoms with Crippen molar-refractivity contribution in [3.8, 4) is 11.3 Å². The first-order valence-corrected chi connectivity index (χ1v) is 8.75. The topological polar surface area (TPSA) is 82.5 Å². The van der Waals surface area contributed by atoms with Crippen LogP contribution in [-0.4, -0.2) is 11.1 Å². The van der Waals surface area contributed by atoms with Crippen molar-refractivity contribution in [2.24, 2.45) is 0 Å². The number of benzene rings is 2. The number of hydrogen-bond donors (Lipinski definition) is 0. The fourth-order valence-electron chi connectivity index (χ4n) is 3.08. The summed E-state index contributed by atoms with van der Waals surface area (Å²) in [5.74, 6) is -0.192. The van der Waals surface area contributed by atoms with Gasteiger partial charge in [0.1, 0.15) is 29.2 Å². The summed E-state index contributed by atoms with van der Waals surface area (Å²) >= 11 is 0. The maximum atomic E-state index is 12.7. The Kier molecular flexibility index (Phi) is 4.53. The molecule has 140 valence electrons. The number of carbonyl (C=O) groups is 1. The largest absolute Gasteiger partial charge is 0.457 e. The first-order valence-electron chi connectivity index (χ1n) is 8.75. The van der Waals surface area contributed by atoms with Gasteiger partial charge < -0.3 is 13.7 Å². The standard InChI is InChI=1S/C22H17NO5/c1-13-8-9-17-16(11-19(24)27-18(17)10-13)12-26-22(25)20-14(2)28-23-21(20)15-6-4-3-5-7-15/h3-11H,12H2,1-2H3. The molecular weight excluding hydrogens is 358 g/mol. The number of esters is 1. The van der Waals surface area contributed by atoms with E-state index < -0.39 is 11.6 Å². The summed E-state index contributed by atoms with van der Waals surface area (Å²) in [5.41, 5.74) is 2.98. The summed E-state index contributed by atoms with van der Waals surface area (Å²) in [6, 6.07) is 16.1. The fraction of sp³-hybridized carbons (Fsp3) is 0.136. The minimum Gasteiger partial charge on any atom is -0.457 e. The van der Waals surface area contributed by atoms with Crippen molar-refractivity contribution in [3.63, 3.8) is 0 Å². The maximum absolute atomic E-state index is 12.7. The number of ether oxygens (including phenoxy) is 1.